The minimum Gasteiger partial charge on any atom is -0.479 e. The van der Waals surface area contributed by atoms with Crippen LogP contribution in [0.5, 0.6) is 5.75 Å². The fourth-order valence-electron chi connectivity index (χ4n) is 0.932. The molecular formula is C8H7Cl2N3O3. The lowest BCUT2D eigenvalue weighted by molar-refractivity contribution is -0.385. The van der Waals surface area contributed by atoms with Gasteiger partial charge in [-0.05, 0) is 0 Å². The molecule has 1 aromatic carbocycles. The summed E-state index contributed by atoms with van der Waals surface area (Å²) < 4.78 is 4.96. The Labute approximate surface area is 101 Å². The van der Waals surface area contributed by atoms with Gasteiger partial charge < -0.3 is 10.5 Å². The van der Waals surface area contributed by atoms with Crippen molar-refractivity contribution in [2.75, 3.05) is 6.61 Å². The quantitative estimate of drug-likeness (QED) is 0.376. The van der Waals surface area contributed by atoms with Gasteiger partial charge in [-0.15, -0.1) is 0 Å². The van der Waals surface area contributed by atoms with Crippen molar-refractivity contribution in [1.29, 1.82) is 5.41 Å². The third kappa shape index (κ3) is 2.98. The Balaban J connectivity index is 3.09. The number of ether oxygens (including phenoxy) is 1. The van der Waals surface area contributed by atoms with Crippen molar-refractivity contribution in [2.45, 2.75) is 0 Å². The number of hydrogen-bond donors (Lipinski definition) is 2. The van der Waals surface area contributed by atoms with E-state index in [1.165, 1.54) is 6.07 Å². The number of nitrogens with one attached hydrogen (secondary N) is 1. The molecule has 0 unspecified atom stereocenters. The molecule has 86 valence electrons. The van der Waals surface area contributed by atoms with Gasteiger partial charge in [-0.3, -0.25) is 15.5 Å². The molecule has 0 radical (unpaired) electrons. The first-order valence-electron chi connectivity index (χ1n) is 4.01. The van der Waals surface area contributed by atoms with Crippen LogP contribution in [0.1, 0.15) is 0 Å². The van der Waals surface area contributed by atoms with Crippen LogP contribution in [0.25, 0.3) is 0 Å². The topological polar surface area (TPSA) is 102 Å². The lowest BCUT2D eigenvalue weighted by atomic mass is 10.3. The minimum absolute atomic E-state index is 0.0588. The summed E-state index contributed by atoms with van der Waals surface area (Å²) in [5, 5.41) is 17.8. The van der Waals surface area contributed by atoms with E-state index in [0.717, 1.165) is 6.07 Å². The third-order valence-corrected chi connectivity index (χ3v) is 2.30. The molecule has 0 aliphatic rings. The lowest BCUT2D eigenvalue weighted by Crippen LogP contribution is -2.19. The van der Waals surface area contributed by atoms with Gasteiger partial charge in [-0.1, -0.05) is 23.2 Å². The van der Waals surface area contributed by atoms with Gasteiger partial charge in [-0.2, -0.15) is 0 Å². The van der Waals surface area contributed by atoms with Gasteiger partial charge in [-0.25, -0.2) is 0 Å². The van der Waals surface area contributed by atoms with Crippen molar-refractivity contribution in [3.8, 4) is 5.75 Å². The standard InChI is InChI=1S/C8H7Cl2N3O3/c9-4-1-6(13(14)15)7(2-5(4)10)16-3-8(11)12/h1-2H,3H2,(H3,11,12). The Morgan fingerprint density at radius 3 is 2.56 bits per heavy atom. The van der Waals surface area contributed by atoms with Crippen molar-refractivity contribution >= 4 is 34.7 Å². The first-order chi connectivity index (χ1) is 7.41. The van der Waals surface area contributed by atoms with Gasteiger partial charge in [0.1, 0.15) is 12.4 Å². The molecule has 6 nitrogen and oxygen atoms in total. The van der Waals surface area contributed by atoms with Crippen LogP contribution in [0.3, 0.4) is 0 Å². The predicted molar refractivity (Wildman–Crippen MR) is 60.5 cm³/mol. The Morgan fingerprint density at radius 1 is 1.50 bits per heavy atom. The van der Waals surface area contributed by atoms with Crippen LogP contribution in [0, 0.1) is 15.5 Å². The second kappa shape index (κ2) is 5.00. The maximum absolute atomic E-state index is 10.7. The molecule has 0 amide bonds. The molecule has 0 bridgehead atoms. The molecule has 3 N–H and O–H groups in total. The van der Waals surface area contributed by atoms with Gasteiger partial charge in [0, 0.05) is 12.1 Å². The van der Waals surface area contributed by atoms with Crippen LogP contribution in [0.4, 0.5) is 5.69 Å². The van der Waals surface area contributed by atoms with Crippen molar-refractivity contribution in [3.63, 3.8) is 0 Å². The van der Waals surface area contributed by atoms with Gasteiger partial charge in [0.05, 0.1) is 15.0 Å². The fraction of sp³-hybridized carbons (Fsp3) is 0.125. The van der Waals surface area contributed by atoms with E-state index in [9.17, 15) is 10.1 Å². The van der Waals surface area contributed by atoms with Crippen molar-refractivity contribution in [3.05, 3.63) is 32.3 Å². The van der Waals surface area contributed by atoms with E-state index >= 15 is 0 Å². The van der Waals surface area contributed by atoms with Crippen LogP contribution in [0.2, 0.25) is 10.0 Å². The minimum atomic E-state index is -0.655. The fourth-order valence-corrected chi connectivity index (χ4v) is 1.24. The summed E-state index contributed by atoms with van der Waals surface area (Å²) in [5.74, 6) is -0.324. The average molecular weight is 264 g/mol. The Bertz CT molecular complexity index is 450. The molecule has 0 fully saturated rings. The third-order valence-electron chi connectivity index (χ3n) is 1.58. The second-order valence-electron chi connectivity index (χ2n) is 2.81. The van der Waals surface area contributed by atoms with Crippen molar-refractivity contribution < 1.29 is 9.66 Å². The van der Waals surface area contributed by atoms with E-state index in [1.807, 2.05) is 0 Å². The van der Waals surface area contributed by atoms with E-state index < -0.39 is 4.92 Å². The van der Waals surface area contributed by atoms with Crippen LogP contribution in [0.15, 0.2) is 12.1 Å². The van der Waals surface area contributed by atoms with Crippen LogP contribution >= 0.6 is 23.2 Å². The number of nitrogens with two attached hydrogens (primary N) is 1. The van der Waals surface area contributed by atoms with Crippen molar-refractivity contribution in [1.82, 2.24) is 0 Å². The summed E-state index contributed by atoms with van der Waals surface area (Å²) in [6.07, 6.45) is 0. The zero-order valence-electron chi connectivity index (χ0n) is 7.87. The number of halogens is 2. The lowest BCUT2D eigenvalue weighted by Gasteiger charge is -2.06. The highest BCUT2D eigenvalue weighted by Crippen LogP contribution is 2.35. The molecule has 0 atom stereocenters. The number of rotatable bonds is 4. The summed E-state index contributed by atoms with van der Waals surface area (Å²) in [6.45, 7) is -0.251. The summed E-state index contributed by atoms with van der Waals surface area (Å²) >= 11 is 11.3. The predicted octanol–water partition coefficient (Wildman–Crippen LogP) is 2.22. The molecule has 16 heavy (non-hydrogen) atoms. The first-order valence-corrected chi connectivity index (χ1v) is 4.76. The molecule has 0 saturated heterocycles. The Morgan fingerprint density at radius 2 is 2.06 bits per heavy atom. The first kappa shape index (κ1) is 12.5. The summed E-state index contributed by atoms with van der Waals surface area (Å²) in [4.78, 5) is 10.0. The molecule has 0 aliphatic carbocycles. The molecule has 0 spiro atoms. The zero-order chi connectivity index (χ0) is 12.3. The Kier molecular flexibility index (Phi) is 3.92. The van der Waals surface area contributed by atoms with Gasteiger partial charge >= 0.3 is 5.69 Å². The van der Waals surface area contributed by atoms with Gasteiger partial charge in [0.25, 0.3) is 0 Å². The van der Waals surface area contributed by atoms with E-state index in [2.05, 4.69) is 0 Å². The molecule has 0 aromatic heterocycles. The number of nitro groups is 1. The number of benzene rings is 1. The van der Waals surface area contributed by atoms with Gasteiger partial charge in [0.15, 0.2) is 5.75 Å². The van der Waals surface area contributed by atoms with E-state index in [4.69, 9.17) is 39.1 Å². The maximum atomic E-state index is 10.7. The second-order valence-corrected chi connectivity index (χ2v) is 3.62. The zero-order valence-corrected chi connectivity index (χ0v) is 9.38. The van der Waals surface area contributed by atoms with E-state index in [-0.39, 0.29) is 33.9 Å². The van der Waals surface area contributed by atoms with E-state index in [1.54, 1.807) is 0 Å². The normalized spacial score (nSPS) is 9.88. The van der Waals surface area contributed by atoms with Crippen LogP contribution in [-0.2, 0) is 0 Å². The van der Waals surface area contributed by atoms with Crippen LogP contribution < -0.4 is 10.5 Å². The molecule has 0 aliphatic heterocycles. The molecule has 0 saturated carbocycles. The van der Waals surface area contributed by atoms with E-state index in [0.29, 0.717) is 0 Å². The number of hydrogen-bond acceptors (Lipinski definition) is 4. The monoisotopic (exact) mass is 263 g/mol. The Hall–Kier alpha value is -1.53. The van der Waals surface area contributed by atoms with Gasteiger partial charge in [0.2, 0.25) is 0 Å². The number of amidine groups is 1. The molecule has 8 heteroatoms. The highest BCUT2D eigenvalue weighted by molar-refractivity contribution is 6.42. The highest BCUT2D eigenvalue weighted by Gasteiger charge is 2.18. The summed E-state index contributed by atoms with van der Waals surface area (Å²) in [7, 11) is 0. The summed E-state index contributed by atoms with van der Waals surface area (Å²) in [5.41, 5.74) is 4.74. The summed E-state index contributed by atoms with van der Waals surface area (Å²) in [6, 6.07) is 2.30. The van der Waals surface area contributed by atoms with Crippen LogP contribution in [-0.4, -0.2) is 17.4 Å². The maximum Gasteiger partial charge on any atom is 0.312 e. The SMILES string of the molecule is N=C(N)COc1cc(Cl)c(Cl)cc1[N+](=O)[O-]. The molecule has 1 aromatic rings. The number of nitro benzene ring substituents is 1. The largest absolute Gasteiger partial charge is 0.479 e. The molecule has 0 heterocycles. The average Bonchev–Trinajstić information content (AvgIpc) is 2.18. The van der Waals surface area contributed by atoms with Crippen molar-refractivity contribution in [2.24, 2.45) is 5.73 Å². The molecular weight excluding hydrogens is 257 g/mol. The molecule has 1 rings (SSSR count). The number of nitrogens with zero attached hydrogens (tertiary/aromatic N) is 1. The smallest absolute Gasteiger partial charge is 0.312 e. The highest BCUT2D eigenvalue weighted by atomic mass is 35.5.